The average molecular weight is 521 g/mol. The van der Waals surface area contributed by atoms with Gasteiger partial charge in [0.1, 0.15) is 30.3 Å². The normalized spacial score (nSPS) is 23.6. The molecule has 5 heterocycles. The van der Waals surface area contributed by atoms with E-state index in [9.17, 15) is 0 Å². The number of hydrogen-bond donors (Lipinski definition) is 0. The Morgan fingerprint density at radius 1 is 1.14 bits per heavy atom. The Morgan fingerprint density at radius 2 is 1.97 bits per heavy atom. The second-order valence-electron chi connectivity index (χ2n) is 12.3. The Balaban J connectivity index is 1.37. The van der Waals surface area contributed by atoms with Crippen molar-refractivity contribution in [3.8, 4) is 11.1 Å². The molecule has 2 aliphatic heterocycles. The van der Waals surface area contributed by atoms with E-state index in [0.717, 1.165) is 91.8 Å². The molecule has 0 N–H and O–H groups in total. The molecule has 1 aliphatic carbocycles. The molecule has 8 nitrogen and oxygen atoms in total. The van der Waals surface area contributed by atoms with E-state index in [4.69, 9.17) is 24.4 Å². The number of morpholine rings is 1. The van der Waals surface area contributed by atoms with Crippen molar-refractivity contribution in [2.45, 2.75) is 52.2 Å². The second kappa shape index (κ2) is 9.67. The minimum Gasteiger partial charge on any atom is -0.378 e. The van der Waals surface area contributed by atoms with E-state index < -0.39 is 8.07 Å². The molecule has 0 radical (unpaired) electrons. The average Bonchev–Trinajstić information content (AvgIpc) is 3.26. The first-order valence-corrected chi connectivity index (χ1v) is 17.5. The van der Waals surface area contributed by atoms with Crippen molar-refractivity contribution in [2.24, 2.45) is 11.3 Å². The summed E-state index contributed by atoms with van der Waals surface area (Å²) in [6.45, 7) is 16.2. The summed E-state index contributed by atoms with van der Waals surface area (Å²) in [7, 11) is -1.15. The van der Waals surface area contributed by atoms with Crippen LogP contribution >= 0.6 is 0 Å². The van der Waals surface area contributed by atoms with E-state index in [0.29, 0.717) is 12.1 Å². The fourth-order valence-corrected chi connectivity index (χ4v) is 6.81. The van der Waals surface area contributed by atoms with Crippen molar-refractivity contribution in [1.29, 1.82) is 0 Å². The van der Waals surface area contributed by atoms with Crippen LogP contribution in [0.25, 0.3) is 22.2 Å². The smallest absolute Gasteiger partial charge is 0.148 e. The largest absolute Gasteiger partial charge is 0.378 e. The third-order valence-electron chi connectivity index (χ3n) is 8.56. The molecule has 198 valence electrons. The second-order valence-corrected chi connectivity index (χ2v) is 17.9. The Morgan fingerprint density at radius 3 is 2.73 bits per heavy atom. The quantitative estimate of drug-likeness (QED) is 0.294. The number of anilines is 2. The van der Waals surface area contributed by atoms with Crippen LogP contribution in [-0.2, 0) is 16.2 Å². The first-order valence-electron chi connectivity index (χ1n) is 13.8. The predicted molar refractivity (Wildman–Crippen MR) is 151 cm³/mol. The van der Waals surface area contributed by atoms with E-state index >= 15 is 0 Å². The van der Waals surface area contributed by atoms with Gasteiger partial charge < -0.3 is 23.8 Å². The molecule has 2 saturated heterocycles. The van der Waals surface area contributed by atoms with Gasteiger partial charge in [-0.15, -0.1) is 0 Å². The zero-order chi connectivity index (χ0) is 25.6. The van der Waals surface area contributed by atoms with Gasteiger partial charge in [0, 0.05) is 58.8 Å². The van der Waals surface area contributed by atoms with Gasteiger partial charge in [-0.05, 0) is 47.9 Å². The summed E-state index contributed by atoms with van der Waals surface area (Å²) in [4.78, 5) is 19.2. The van der Waals surface area contributed by atoms with Crippen LogP contribution in [0.5, 0.6) is 0 Å². The lowest BCUT2D eigenvalue weighted by molar-refractivity contribution is 0.0899. The summed E-state index contributed by atoms with van der Waals surface area (Å²) in [6.07, 6.45) is 8.47. The molecule has 37 heavy (non-hydrogen) atoms. The van der Waals surface area contributed by atoms with Crippen molar-refractivity contribution in [2.75, 3.05) is 55.8 Å². The van der Waals surface area contributed by atoms with E-state index in [1.165, 1.54) is 12.8 Å². The van der Waals surface area contributed by atoms with Gasteiger partial charge in [-0.1, -0.05) is 26.6 Å². The Hall–Kier alpha value is -2.49. The van der Waals surface area contributed by atoms with Gasteiger partial charge in [-0.25, -0.2) is 15.0 Å². The minimum absolute atomic E-state index is 0.486. The van der Waals surface area contributed by atoms with Crippen LogP contribution in [-0.4, -0.2) is 73.6 Å². The van der Waals surface area contributed by atoms with E-state index in [1.807, 2.05) is 6.20 Å². The number of pyridine rings is 1. The fourth-order valence-electron chi connectivity index (χ4n) is 6.06. The van der Waals surface area contributed by atoms with Crippen molar-refractivity contribution in [3.63, 3.8) is 0 Å². The number of ether oxygens (including phenoxy) is 2. The summed E-state index contributed by atoms with van der Waals surface area (Å²) in [5.74, 6) is 2.86. The molecular formula is C28H40N6O2Si. The molecule has 2 atom stereocenters. The number of fused-ring (bicyclic) bond motifs is 2. The molecule has 6 rings (SSSR count). The van der Waals surface area contributed by atoms with Crippen molar-refractivity contribution in [3.05, 3.63) is 30.9 Å². The highest BCUT2D eigenvalue weighted by atomic mass is 28.3. The summed E-state index contributed by atoms with van der Waals surface area (Å²) >= 11 is 0. The van der Waals surface area contributed by atoms with Crippen molar-refractivity contribution in [1.82, 2.24) is 19.5 Å². The van der Waals surface area contributed by atoms with Crippen molar-refractivity contribution < 1.29 is 9.47 Å². The Bertz CT molecular complexity index is 1260. The van der Waals surface area contributed by atoms with Gasteiger partial charge in [0.25, 0.3) is 0 Å². The lowest BCUT2D eigenvalue weighted by atomic mass is 10.0. The molecule has 9 heteroatoms. The standard InChI is InChI=1S/C28H40N6O2Si/c1-5-28-15-22(28)16-33(18-28)26-25-23(21-6-7-29-24(14-21)32-8-10-35-11-9-32)17-34(27(25)31-19-30-26)20-36-12-13-37(2,3)4/h6-7,14,17,19,22H,5,8-13,15-16,18,20H2,1-4H3. The zero-order valence-corrected chi connectivity index (χ0v) is 23.7. The van der Waals surface area contributed by atoms with Gasteiger partial charge in [-0.2, -0.15) is 0 Å². The number of aromatic nitrogens is 4. The third-order valence-corrected chi connectivity index (χ3v) is 10.3. The van der Waals surface area contributed by atoms with E-state index in [1.54, 1.807) is 6.33 Å². The van der Waals surface area contributed by atoms with Crippen LogP contribution < -0.4 is 9.80 Å². The highest BCUT2D eigenvalue weighted by molar-refractivity contribution is 6.76. The molecule has 3 aromatic heterocycles. The Kier molecular flexibility index (Phi) is 6.49. The predicted octanol–water partition coefficient (Wildman–Crippen LogP) is 4.88. The van der Waals surface area contributed by atoms with Gasteiger partial charge in [-0.3, -0.25) is 0 Å². The molecule has 2 unspecified atom stereocenters. The van der Waals surface area contributed by atoms with E-state index in [-0.39, 0.29) is 0 Å². The van der Waals surface area contributed by atoms with Crippen LogP contribution in [0.3, 0.4) is 0 Å². The Labute approximate surface area is 221 Å². The maximum Gasteiger partial charge on any atom is 0.148 e. The highest BCUT2D eigenvalue weighted by Gasteiger charge is 2.58. The van der Waals surface area contributed by atoms with Gasteiger partial charge in [0.05, 0.1) is 18.6 Å². The van der Waals surface area contributed by atoms with Crippen LogP contribution in [0.4, 0.5) is 11.6 Å². The summed E-state index contributed by atoms with van der Waals surface area (Å²) in [5.41, 5.74) is 3.74. The highest BCUT2D eigenvalue weighted by Crippen LogP contribution is 2.60. The lowest BCUT2D eigenvalue weighted by Gasteiger charge is -2.28. The van der Waals surface area contributed by atoms with E-state index in [2.05, 4.69) is 59.3 Å². The summed E-state index contributed by atoms with van der Waals surface area (Å²) in [5, 5.41) is 1.13. The molecular weight excluding hydrogens is 480 g/mol. The molecule has 0 aromatic carbocycles. The maximum absolute atomic E-state index is 6.18. The van der Waals surface area contributed by atoms with Crippen LogP contribution in [0, 0.1) is 11.3 Å². The molecule has 0 amide bonds. The summed E-state index contributed by atoms with van der Waals surface area (Å²) in [6, 6.07) is 5.48. The monoisotopic (exact) mass is 520 g/mol. The molecule has 3 aromatic rings. The van der Waals surface area contributed by atoms with Gasteiger partial charge >= 0.3 is 0 Å². The minimum atomic E-state index is -1.15. The molecule has 3 fully saturated rings. The third kappa shape index (κ3) is 4.89. The summed E-state index contributed by atoms with van der Waals surface area (Å²) < 4.78 is 13.9. The first kappa shape index (κ1) is 24.8. The zero-order valence-electron chi connectivity index (χ0n) is 22.7. The molecule has 0 spiro atoms. The van der Waals surface area contributed by atoms with Crippen LogP contribution in [0.15, 0.2) is 30.9 Å². The van der Waals surface area contributed by atoms with Gasteiger partial charge in [0.15, 0.2) is 0 Å². The van der Waals surface area contributed by atoms with Crippen LogP contribution in [0.1, 0.15) is 19.8 Å². The molecule has 1 saturated carbocycles. The number of piperidine rings is 1. The fraction of sp³-hybridized carbons (Fsp3) is 0.607. The van der Waals surface area contributed by atoms with Crippen LogP contribution in [0.2, 0.25) is 25.7 Å². The lowest BCUT2D eigenvalue weighted by Crippen LogP contribution is -2.36. The van der Waals surface area contributed by atoms with Crippen molar-refractivity contribution >= 4 is 30.7 Å². The molecule has 3 aliphatic rings. The number of nitrogens with zero attached hydrogens (tertiary/aromatic N) is 6. The first-order chi connectivity index (χ1) is 17.9. The number of rotatable bonds is 9. The van der Waals surface area contributed by atoms with Gasteiger partial charge in [0.2, 0.25) is 0 Å². The topological polar surface area (TPSA) is 68.5 Å². The maximum atomic E-state index is 6.18. The molecule has 0 bridgehead atoms. The SMILES string of the molecule is CCC12CC1CN(c1ncnc3c1c(-c1ccnc(N4CCOCC4)c1)cn3COCC[Si](C)(C)C)C2. The number of hydrogen-bond acceptors (Lipinski definition) is 7.